The number of carbonyl (C=O) groups excluding carboxylic acids is 1. The summed E-state index contributed by atoms with van der Waals surface area (Å²) in [6.07, 6.45) is 0. The largest absolute Gasteiger partial charge is 0.483 e. The second kappa shape index (κ2) is 6.91. The lowest BCUT2D eigenvalue weighted by atomic mass is 10.1. The third-order valence-corrected chi connectivity index (χ3v) is 2.54. The number of benzene rings is 1. The molecule has 0 radical (unpaired) electrons. The first kappa shape index (κ1) is 13.5. The Bertz CT molecular complexity index is 377. The molecular formula is C13H19NO3. The number of ether oxygens (including phenoxy) is 2. The minimum Gasteiger partial charge on any atom is -0.483 e. The number of nitrogens with one attached hydrogen (secondary N) is 1. The van der Waals surface area contributed by atoms with Gasteiger partial charge in [0.05, 0.1) is 6.61 Å². The highest BCUT2D eigenvalue weighted by atomic mass is 16.5. The lowest BCUT2D eigenvalue weighted by molar-refractivity contribution is -0.123. The molecule has 0 unspecified atom stereocenters. The van der Waals surface area contributed by atoms with Crippen LogP contribution in [0.15, 0.2) is 18.2 Å². The molecule has 17 heavy (non-hydrogen) atoms. The highest BCUT2D eigenvalue weighted by Gasteiger charge is 2.05. The number of carbonyl (C=O) groups is 1. The minimum atomic E-state index is -0.136. The molecule has 1 aromatic carbocycles. The molecule has 0 saturated heterocycles. The van der Waals surface area contributed by atoms with Crippen LogP contribution >= 0.6 is 0 Å². The van der Waals surface area contributed by atoms with Crippen molar-refractivity contribution in [1.29, 1.82) is 0 Å². The first-order chi connectivity index (χ1) is 8.15. The van der Waals surface area contributed by atoms with E-state index in [1.807, 2.05) is 32.0 Å². The standard InChI is InChI=1S/C13H19NO3/c1-10-5-4-6-12(11(10)2)17-9-13(15)14-7-8-16-3/h4-6H,7-9H2,1-3H3,(H,14,15). The third-order valence-electron chi connectivity index (χ3n) is 2.54. The molecule has 0 bridgehead atoms. The third kappa shape index (κ3) is 4.44. The van der Waals surface area contributed by atoms with E-state index < -0.39 is 0 Å². The fourth-order valence-electron chi connectivity index (χ4n) is 1.37. The molecule has 0 fully saturated rings. The number of amides is 1. The van der Waals surface area contributed by atoms with E-state index in [2.05, 4.69) is 5.32 Å². The number of hydrogen-bond donors (Lipinski definition) is 1. The van der Waals surface area contributed by atoms with Gasteiger partial charge < -0.3 is 14.8 Å². The van der Waals surface area contributed by atoms with Gasteiger partial charge in [-0.05, 0) is 31.0 Å². The fraction of sp³-hybridized carbons (Fsp3) is 0.462. The van der Waals surface area contributed by atoms with Gasteiger partial charge in [0.15, 0.2) is 6.61 Å². The zero-order chi connectivity index (χ0) is 12.7. The molecule has 94 valence electrons. The van der Waals surface area contributed by atoms with Crippen molar-refractivity contribution in [3.05, 3.63) is 29.3 Å². The summed E-state index contributed by atoms with van der Waals surface area (Å²) in [7, 11) is 1.60. The quantitative estimate of drug-likeness (QED) is 0.762. The smallest absolute Gasteiger partial charge is 0.258 e. The minimum absolute atomic E-state index is 0.0357. The predicted molar refractivity (Wildman–Crippen MR) is 66.3 cm³/mol. The Kier molecular flexibility index (Phi) is 5.49. The van der Waals surface area contributed by atoms with Gasteiger partial charge in [-0.25, -0.2) is 0 Å². The summed E-state index contributed by atoms with van der Waals surface area (Å²) in [4.78, 5) is 11.4. The average molecular weight is 237 g/mol. The molecule has 0 aliphatic carbocycles. The van der Waals surface area contributed by atoms with Crippen LogP contribution in [-0.2, 0) is 9.53 Å². The van der Waals surface area contributed by atoms with Crippen LogP contribution in [0.1, 0.15) is 11.1 Å². The molecule has 1 rings (SSSR count). The van der Waals surface area contributed by atoms with Crippen LogP contribution in [0.5, 0.6) is 5.75 Å². The van der Waals surface area contributed by atoms with Gasteiger partial charge in [-0.3, -0.25) is 4.79 Å². The van der Waals surface area contributed by atoms with Crippen LogP contribution in [0.25, 0.3) is 0 Å². The molecule has 0 saturated carbocycles. The summed E-state index contributed by atoms with van der Waals surface area (Å²) in [5.41, 5.74) is 2.22. The number of aryl methyl sites for hydroxylation is 1. The molecule has 0 atom stereocenters. The summed E-state index contributed by atoms with van der Waals surface area (Å²) in [5.74, 6) is 0.620. The molecule has 0 aliphatic heterocycles. The molecule has 4 heteroatoms. The van der Waals surface area contributed by atoms with Crippen LogP contribution in [-0.4, -0.2) is 32.8 Å². The van der Waals surface area contributed by atoms with Gasteiger partial charge in [0.2, 0.25) is 0 Å². The van der Waals surface area contributed by atoms with E-state index in [0.717, 1.165) is 16.9 Å². The van der Waals surface area contributed by atoms with Gasteiger partial charge in [0.25, 0.3) is 5.91 Å². The first-order valence-electron chi connectivity index (χ1n) is 5.59. The van der Waals surface area contributed by atoms with E-state index in [1.165, 1.54) is 0 Å². The average Bonchev–Trinajstić information content (AvgIpc) is 2.31. The molecule has 1 N–H and O–H groups in total. The lowest BCUT2D eigenvalue weighted by Crippen LogP contribution is -2.31. The van der Waals surface area contributed by atoms with Crippen molar-refractivity contribution in [3.63, 3.8) is 0 Å². The summed E-state index contributed by atoms with van der Waals surface area (Å²) >= 11 is 0. The maximum absolute atomic E-state index is 11.4. The van der Waals surface area contributed by atoms with E-state index in [-0.39, 0.29) is 12.5 Å². The Labute approximate surface area is 102 Å². The molecule has 0 spiro atoms. The van der Waals surface area contributed by atoms with Crippen molar-refractivity contribution in [2.75, 3.05) is 26.9 Å². The van der Waals surface area contributed by atoms with E-state index >= 15 is 0 Å². The monoisotopic (exact) mass is 237 g/mol. The van der Waals surface area contributed by atoms with Crippen LogP contribution in [0.3, 0.4) is 0 Å². The molecule has 0 aromatic heterocycles. The summed E-state index contributed by atoms with van der Waals surface area (Å²) in [5, 5.41) is 2.70. The van der Waals surface area contributed by atoms with Gasteiger partial charge in [0, 0.05) is 13.7 Å². The highest BCUT2D eigenvalue weighted by Crippen LogP contribution is 2.20. The Morgan fingerprint density at radius 3 is 2.82 bits per heavy atom. The Hall–Kier alpha value is -1.55. The number of hydrogen-bond acceptors (Lipinski definition) is 3. The van der Waals surface area contributed by atoms with Crippen molar-refractivity contribution >= 4 is 5.91 Å². The molecule has 4 nitrogen and oxygen atoms in total. The topological polar surface area (TPSA) is 47.6 Å². The molecule has 0 aliphatic rings. The molecule has 1 aromatic rings. The Balaban J connectivity index is 2.39. The van der Waals surface area contributed by atoms with E-state index in [4.69, 9.17) is 9.47 Å². The lowest BCUT2D eigenvalue weighted by Gasteiger charge is -2.10. The Morgan fingerprint density at radius 1 is 1.35 bits per heavy atom. The maximum atomic E-state index is 11.4. The van der Waals surface area contributed by atoms with Crippen LogP contribution in [0.4, 0.5) is 0 Å². The summed E-state index contributed by atoms with van der Waals surface area (Å²) < 4.78 is 10.3. The Morgan fingerprint density at radius 2 is 2.12 bits per heavy atom. The first-order valence-corrected chi connectivity index (χ1v) is 5.59. The van der Waals surface area contributed by atoms with E-state index in [1.54, 1.807) is 7.11 Å². The van der Waals surface area contributed by atoms with Crippen LogP contribution in [0, 0.1) is 13.8 Å². The van der Waals surface area contributed by atoms with Crippen molar-refractivity contribution in [2.45, 2.75) is 13.8 Å². The second-order valence-corrected chi connectivity index (χ2v) is 3.83. The van der Waals surface area contributed by atoms with E-state index in [0.29, 0.717) is 13.2 Å². The van der Waals surface area contributed by atoms with Crippen molar-refractivity contribution in [1.82, 2.24) is 5.32 Å². The van der Waals surface area contributed by atoms with Gasteiger partial charge in [0.1, 0.15) is 5.75 Å². The molecule has 1 amide bonds. The van der Waals surface area contributed by atoms with Crippen LogP contribution < -0.4 is 10.1 Å². The van der Waals surface area contributed by atoms with Gasteiger partial charge in [-0.15, -0.1) is 0 Å². The number of rotatable bonds is 6. The van der Waals surface area contributed by atoms with Crippen LogP contribution in [0.2, 0.25) is 0 Å². The number of methoxy groups -OCH3 is 1. The van der Waals surface area contributed by atoms with Crippen molar-refractivity contribution < 1.29 is 14.3 Å². The fourth-order valence-corrected chi connectivity index (χ4v) is 1.37. The van der Waals surface area contributed by atoms with Gasteiger partial charge in [-0.1, -0.05) is 12.1 Å². The van der Waals surface area contributed by atoms with Crippen molar-refractivity contribution in [2.24, 2.45) is 0 Å². The van der Waals surface area contributed by atoms with Gasteiger partial charge >= 0.3 is 0 Å². The van der Waals surface area contributed by atoms with Crippen molar-refractivity contribution in [3.8, 4) is 5.75 Å². The van der Waals surface area contributed by atoms with Gasteiger partial charge in [-0.2, -0.15) is 0 Å². The van der Waals surface area contributed by atoms with E-state index in [9.17, 15) is 4.79 Å². The summed E-state index contributed by atoms with van der Waals surface area (Å²) in [6, 6.07) is 5.80. The maximum Gasteiger partial charge on any atom is 0.258 e. The SMILES string of the molecule is COCCNC(=O)COc1cccc(C)c1C. The zero-order valence-electron chi connectivity index (χ0n) is 10.6. The summed E-state index contributed by atoms with van der Waals surface area (Å²) in [6.45, 7) is 5.04. The molecular weight excluding hydrogens is 218 g/mol. The highest BCUT2D eigenvalue weighted by molar-refractivity contribution is 5.77. The normalized spacial score (nSPS) is 10.1. The zero-order valence-corrected chi connectivity index (χ0v) is 10.6. The molecule has 0 heterocycles. The predicted octanol–water partition coefficient (Wildman–Crippen LogP) is 1.44. The second-order valence-electron chi connectivity index (χ2n) is 3.83.